The van der Waals surface area contributed by atoms with Crippen LogP contribution in [0.4, 0.5) is 0 Å². The minimum absolute atomic E-state index is 0.409. The Balaban J connectivity index is 2.18. The molecule has 0 saturated carbocycles. The maximum Gasteiger partial charge on any atom is 0.228 e. The molecule has 0 aliphatic carbocycles. The average molecular weight is 289 g/mol. The summed E-state index contributed by atoms with van der Waals surface area (Å²) in [6.07, 6.45) is 0. The number of fused-ring (bicyclic) bond motifs is 1. The predicted molar refractivity (Wildman–Crippen MR) is 74.2 cm³/mol. The summed E-state index contributed by atoms with van der Waals surface area (Å²) in [6.45, 7) is 0. The molecular formula is C14H6Cl2N2O. The molecule has 1 heterocycles. The van der Waals surface area contributed by atoms with Crippen molar-refractivity contribution in [2.24, 2.45) is 0 Å². The minimum Gasteiger partial charge on any atom is -0.436 e. The molecule has 0 aliphatic heterocycles. The molecule has 0 amide bonds. The molecule has 0 aliphatic rings. The Labute approximate surface area is 119 Å². The molecule has 1 aromatic heterocycles. The van der Waals surface area contributed by atoms with E-state index in [2.05, 4.69) is 11.1 Å². The zero-order valence-corrected chi connectivity index (χ0v) is 11.0. The first kappa shape index (κ1) is 12.0. The van der Waals surface area contributed by atoms with Crippen molar-refractivity contribution in [2.75, 3.05) is 0 Å². The van der Waals surface area contributed by atoms with Gasteiger partial charge in [-0.05, 0) is 36.4 Å². The Morgan fingerprint density at radius 2 is 1.95 bits per heavy atom. The quantitative estimate of drug-likeness (QED) is 0.654. The van der Waals surface area contributed by atoms with E-state index in [1.807, 2.05) is 0 Å². The summed E-state index contributed by atoms with van der Waals surface area (Å²) in [5.74, 6) is 0.409. The summed E-state index contributed by atoms with van der Waals surface area (Å²) in [5, 5.41) is 9.88. The van der Waals surface area contributed by atoms with Crippen LogP contribution in [-0.2, 0) is 0 Å². The van der Waals surface area contributed by atoms with E-state index in [0.29, 0.717) is 38.2 Å². The fraction of sp³-hybridized carbons (Fsp3) is 0. The predicted octanol–water partition coefficient (Wildman–Crippen LogP) is 4.67. The van der Waals surface area contributed by atoms with Gasteiger partial charge in [0, 0.05) is 5.02 Å². The molecule has 3 rings (SSSR count). The second kappa shape index (κ2) is 4.58. The number of nitrogens with zero attached hydrogens (tertiary/aromatic N) is 2. The summed E-state index contributed by atoms with van der Waals surface area (Å²) >= 11 is 12.0. The highest BCUT2D eigenvalue weighted by atomic mass is 35.5. The second-order valence-electron chi connectivity index (χ2n) is 3.94. The van der Waals surface area contributed by atoms with Gasteiger partial charge in [0.15, 0.2) is 5.58 Å². The van der Waals surface area contributed by atoms with Crippen molar-refractivity contribution < 1.29 is 4.42 Å². The molecule has 3 aromatic rings. The van der Waals surface area contributed by atoms with Gasteiger partial charge in [-0.2, -0.15) is 5.26 Å². The number of nitriles is 1. The molecule has 0 radical (unpaired) electrons. The highest BCUT2D eigenvalue weighted by molar-refractivity contribution is 6.36. The highest BCUT2D eigenvalue weighted by Gasteiger charge is 2.12. The number of oxazole rings is 1. The third-order valence-corrected chi connectivity index (χ3v) is 3.23. The van der Waals surface area contributed by atoms with Crippen LogP contribution >= 0.6 is 23.2 Å². The van der Waals surface area contributed by atoms with Crippen LogP contribution < -0.4 is 0 Å². The van der Waals surface area contributed by atoms with Crippen LogP contribution in [0.25, 0.3) is 22.6 Å². The monoisotopic (exact) mass is 288 g/mol. The molecule has 0 unspecified atom stereocenters. The number of rotatable bonds is 1. The molecule has 0 spiro atoms. The largest absolute Gasteiger partial charge is 0.436 e. The highest BCUT2D eigenvalue weighted by Crippen LogP contribution is 2.31. The molecule has 0 N–H and O–H groups in total. The fourth-order valence-electron chi connectivity index (χ4n) is 1.78. The molecule has 0 saturated heterocycles. The topological polar surface area (TPSA) is 49.8 Å². The Morgan fingerprint density at radius 3 is 2.68 bits per heavy atom. The van der Waals surface area contributed by atoms with Gasteiger partial charge in [0.25, 0.3) is 0 Å². The van der Waals surface area contributed by atoms with Gasteiger partial charge in [0.1, 0.15) is 5.52 Å². The van der Waals surface area contributed by atoms with Gasteiger partial charge in [-0.3, -0.25) is 0 Å². The van der Waals surface area contributed by atoms with Crippen LogP contribution in [-0.4, -0.2) is 4.98 Å². The first-order valence-electron chi connectivity index (χ1n) is 5.43. The summed E-state index contributed by atoms with van der Waals surface area (Å²) in [7, 11) is 0. The Morgan fingerprint density at radius 1 is 1.11 bits per heavy atom. The Hall–Kier alpha value is -2.02. The first-order chi connectivity index (χ1) is 9.17. The van der Waals surface area contributed by atoms with Crippen molar-refractivity contribution in [2.45, 2.75) is 0 Å². The molecule has 0 atom stereocenters. The average Bonchev–Trinajstić information content (AvgIpc) is 2.80. The molecular weight excluding hydrogens is 283 g/mol. The zero-order chi connectivity index (χ0) is 13.4. The van der Waals surface area contributed by atoms with Crippen LogP contribution in [0.3, 0.4) is 0 Å². The molecule has 2 aromatic carbocycles. The molecule has 19 heavy (non-hydrogen) atoms. The van der Waals surface area contributed by atoms with Crippen molar-refractivity contribution in [3.8, 4) is 17.5 Å². The molecule has 0 fully saturated rings. The lowest BCUT2D eigenvalue weighted by Crippen LogP contribution is -1.79. The van der Waals surface area contributed by atoms with Crippen molar-refractivity contribution in [3.63, 3.8) is 0 Å². The normalized spacial score (nSPS) is 10.6. The van der Waals surface area contributed by atoms with E-state index < -0.39 is 0 Å². The van der Waals surface area contributed by atoms with E-state index >= 15 is 0 Å². The maximum absolute atomic E-state index is 8.85. The SMILES string of the molecule is N#Cc1ccc2oc(-c3ccc(Cl)cc3Cl)nc2c1. The van der Waals surface area contributed by atoms with Gasteiger partial charge in [-0.15, -0.1) is 0 Å². The standard InChI is InChI=1S/C14H6Cl2N2O/c15-9-2-3-10(11(16)6-9)14-18-12-5-8(7-17)1-4-13(12)19-14/h1-6H. The van der Waals surface area contributed by atoms with Crippen LogP contribution in [0.5, 0.6) is 0 Å². The molecule has 3 nitrogen and oxygen atoms in total. The third kappa shape index (κ3) is 2.17. The summed E-state index contributed by atoms with van der Waals surface area (Å²) < 4.78 is 5.63. The van der Waals surface area contributed by atoms with E-state index in [0.717, 1.165) is 0 Å². The lowest BCUT2D eigenvalue weighted by molar-refractivity contribution is 0.620. The molecule has 5 heteroatoms. The zero-order valence-electron chi connectivity index (χ0n) is 9.52. The van der Waals surface area contributed by atoms with Gasteiger partial charge >= 0.3 is 0 Å². The van der Waals surface area contributed by atoms with Gasteiger partial charge in [-0.25, -0.2) is 4.98 Å². The van der Waals surface area contributed by atoms with Crippen molar-refractivity contribution in [3.05, 3.63) is 52.0 Å². The van der Waals surface area contributed by atoms with E-state index in [9.17, 15) is 0 Å². The van der Waals surface area contributed by atoms with E-state index in [4.69, 9.17) is 32.9 Å². The fourth-order valence-corrected chi connectivity index (χ4v) is 2.26. The van der Waals surface area contributed by atoms with Crippen molar-refractivity contribution in [1.29, 1.82) is 5.26 Å². The van der Waals surface area contributed by atoms with Crippen molar-refractivity contribution in [1.82, 2.24) is 4.98 Å². The van der Waals surface area contributed by atoms with Crippen LogP contribution in [0.1, 0.15) is 5.56 Å². The number of hydrogen-bond donors (Lipinski definition) is 0. The second-order valence-corrected chi connectivity index (χ2v) is 4.78. The van der Waals surface area contributed by atoms with Crippen molar-refractivity contribution >= 4 is 34.3 Å². The van der Waals surface area contributed by atoms with Crippen LogP contribution in [0.15, 0.2) is 40.8 Å². The lowest BCUT2D eigenvalue weighted by Gasteiger charge is -1.98. The smallest absolute Gasteiger partial charge is 0.228 e. The Kier molecular flexibility index (Phi) is 2.90. The maximum atomic E-state index is 8.85. The van der Waals surface area contributed by atoms with Gasteiger partial charge in [0.2, 0.25) is 5.89 Å². The molecule has 0 bridgehead atoms. The van der Waals surface area contributed by atoms with Gasteiger partial charge in [0.05, 0.1) is 22.2 Å². The number of benzene rings is 2. The van der Waals surface area contributed by atoms with Crippen LogP contribution in [0.2, 0.25) is 10.0 Å². The Bertz CT molecular complexity index is 818. The van der Waals surface area contributed by atoms with E-state index in [-0.39, 0.29) is 0 Å². The van der Waals surface area contributed by atoms with E-state index in [1.165, 1.54) is 0 Å². The minimum atomic E-state index is 0.409. The van der Waals surface area contributed by atoms with Crippen LogP contribution in [0, 0.1) is 11.3 Å². The summed E-state index contributed by atoms with van der Waals surface area (Å²) in [6, 6.07) is 12.2. The molecule has 92 valence electrons. The van der Waals surface area contributed by atoms with E-state index in [1.54, 1.807) is 36.4 Å². The summed E-state index contributed by atoms with van der Waals surface area (Å²) in [5.41, 5.74) is 2.44. The number of halogens is 2. The number of aromatic nitrogens is 1. The van der Waals surface area contributed by atoms with Gasteiger partial charge < -0.3 is 4.42 Å². The lowest BCUT2D eigenvalue weighted by atomic mass is 10.2. The van der Waals surface area contributed by atoms with Gasteiger partial charge in [-0.1, -0.05) is 23.2 Å². The first-order valence-corrected chi connectivity index (χ1v) is 6.19. The third-order valence-electron chi connectivity index (χ3n) is 2.68. The number of hydrogen-bond acceptors (Lipinski definition) is 3. The summed E-state index contributed by atoms with van der Waals surface area (Å²) in [4.78, 5) is 4.34.